The lowest BCUT2D eigenvalue weighted by atomic mass is 10.1. The maximum absolute atomic E-state index is 12.2. The number of rotatable bonds is 10. The van der Waals surface area contributed by atoms with Crippen LogP contribution in [0.5, 0.6) is 0 Å². The van der Waals surface area contributed by atoms with Gasteiger partial charge in [-0.1, -0.05) is 43.7 Å². The van der Waals surface area contributed by atoms with Gasteiger partial charge in [0.1, 0.15) is 12.1 Å². The van der Waals surface area contributed by atoms with E-state index < -0.39 is 0 Å². The first-order valence-corrected chi connectivity index (χ1v) is 10.4. The zero-order valence-corrected chi connectivity index (χ0v) is 17.6. The highest BCUT2D eigenvalue weighted by Crippen LogP contribution is 2.22. The minimum atomic E-state index is 0.0300. The molecule has 0 atom stereocenters. The molecule has 1 amide bonds. The monoisotopic (exact) mass is 403 g/mol. The van der Waals surface area contributed by atoms with Crippen LogP contribution in [-0.4, -0.2) is 40.9 Å². The summed E-state index contributed by atoms with van der Waals surface area (Å²) in [6.45, 7) is 3.97. The van der Waals surface area contributed by atoms with E-state index in [2.05, 4.69) is 39.5 Å². The average molecular weight is 404 g/mol. The van der Waals surface area contributed by atoms with E-state index in [9.17, 15) is 4.79 Å². The van der Waals surface area contributed by atoms with Gasteiger partial charge < -0.3 is 15.5 Å². The van der Waals surface area contributed by atoms with Crippen LogP contribution >= 0.6 is 0 Å². The topological polar surface area (TPSA) is 70.2 Å². The molecule has 3 rings (SSSR count). The average Bonchev–Trinajstić information content (AvgIpc) is 2.78. The molecule has 0 saturated heterocycles. The predicted molar refractivity (Wildman–Crippen MR) is 123 cm³/mol. The third kappa shape index (κ3) is 6.67. The molecule has 6 nitrogen and oxygen atoms in total. The molecule has 0 saturated carbocycles. The fourth-order valence-corrected chi connectivity index (χ4v) is 3.03. The second-order valence-electron chi connectivity index (χ2n) is 7.31. The largest absolute Gasteiger partial charge is 0.340 e. The van der Waals surface area contributed by atoms with Crippen molar-refractivity contribution in [3.8, 4) is 11.3 Å². The predicted octanol–water partition coefficient (Wildman–Crippen LogP) is 4.95. The zero-order chi connectivity index (χ0) is 21.2. The van der Waals surface area contributed by atoms with E-state index in [1.165, 1.54) is 6.42 Å². The highest BCUT2D eigenvalue weighted by molar-refractivity contribution is 5.91. The summed E-state index contributed by atoms with van der Waals surface area (Å²) in [4.78, 5) is 23.0. The van der Waals surface area contributed by atoms with Crippen molar-refractivity contribution in [1.82, 2.24) is 14.9 Å². The molecule has 0 aliphatic carbocycles. The summed E-state index contributed by atoms with van der Waals surface area (Å²) in [7, 11) is 2.06. The maximum Gasteiger partial charge on any atom is 0.225 e. The summed E-state index contributed by atoms with van der Waals surface area (Å²) in [5.41, 5.74) is 3.58. The molecule has 3 aromatic rings. The quantitative estimate of drug-likeness (QED) is 0.501. The first-order valence-electron chi connectivity index (χ1n) is 10.4. The third-order valence-corrected chi connectivity index (χ3v) is 4.79. The fraction of sp³-hybridized carbons (Fsp3) is 0.292. The van der Waals surface area contributed by atoms with Gasteiger partial charge in [0.15, 0.2) is 0 Å². The third-order valence-electron chi connectivity index (χ3n) is 4.79. The molecule has 2 aromatic carbocycles. The van der Waals surface area contributed by atoms with E-state index in [-0.39, 0.29) is 5.91 Å². The van der Waals surface area contributed by atoms with Crippen LogP contribution < -0.4 is 10.6 Å². The Hall–Kier alpha value is -3.25. The van der Waals surface area contributed by atoms with Gasteiger partial charge >= 0.3 is 0 Å². The van der Waals surface area contributed by atoms with Crippen LogP contribution in [-0.2, 0) is 4.79 Å². The molecule has 0 spiro atoms. The molecule has 1 heterocycles. The van der Waals surface area contributed by atoms with Crippen molar-refractivity contribution in [1.29, 1.82) is 0 Å². The van der Waals surface area contributed by atoms with Gasteiger partial charge in [0.2, 0.25) is 5.91 Å². The Morgan fingerprint density at radius 2 is 1.70 bits per heavy atom. The molecule has 30 heavy (non-hydrogen) atoms. The van der Waals surface area contributed by atoms with Crippen molar-refractivity contribution in [3.05, 3.63) is 67.0 Å². The van der Waals surface area contributed by atoms with Crippen LogP contribution in [0.15, 0.2) is 67.0 Å². The lowest BCUT2D eigenvalue weighted by molar-refractivity contribution is -0.116. The SMILES string of the molecule is CCCCN(C)CCC(=O)Nc1ccc(Nc2cc(-c3ccccc3)ncn2)cc1. The summed E-state index contributed by atoms with van der Waals surface area (Å²) < 4.78 is 0. The molecule has 0 unspecified atom stereocenters. The summed E-state index contributed by atoms with van der Waals surface area (Å²) in [5.74, 6) is 0.748. The van der Waals surface area contributed by atoms with Gasteiger partial charge in [-0.25, -0.2) is 9.97 Å². The van der Waals surface area contributed by atoms with Crippen LogP contribution in [0.3, 0.4) is 0 Å². The Bertz CT molecular complexity index is 928. The van der Waals surface area contributed by atoms with E-state index in [0.29, 0.717) is 6.42 Å². The van der Waals surface area contributed by atoms with Crippen LogP contribution in [0, 0.1) is 0 Å². The Morgan fingerprint density at radius 3 is 2.43 bits per heavy atom. The van der Waals surface area contributed by atoms with E-state index in [4.69, 9.17) is 0 Å². The number of benzene rings is 2. The summed E-state index contributed by atoms with van der Waals surface area (Å²) in [6.07, 6.45) is 4.37. The molecule has 0 radical (unpaired) electrons. The molecule has 6 heteroatoms. The Kier molecular flexibility index (Phi) is 7.92. The Labute approximate surface area is 178 Å². The van der Waals surface area contributed by atoms with Gasteiger partial charge in [0.25, 0.3) is 0 Å². The van der Waals surface area contributed by atoms with Gasteiger partial charge in [-0.3, -0.25) is 4.79 Å². The first kappa shape index (κ1) is 21.5. The fourth-order valence-electron chi connectivity index (χ4n) is 3.03. The molecule has 0 bridgehead atoms. The standard InChI is InChI=1S/C24H29N5O/c1-3-4-15-29(2)16-14-24(30)28-21-12-10-20(11-13-21)27-23-17-22(25-18-26-23)19-8-6-5-7-9-19/h5-13,17-18H,3-4,14-16H2,1-2H3,(H,28,30)(H,25,26,27). The van der Waals surface area contributed by atoms with Crippen molar-refractivity contribution in [2.75, 3.05) is 30.8 Å². The van der Waals surface area contributed by atoms with E-state index in [1.807, 2.05) is 60.7 Å². The summed E-state index contributed by atoms with van der Waals surface area (Å²) >= 11 is 0. The van der Waals surface area contributed by atoms with Crippen molar-refractivity contribution >= 4 is 23.1 Å². The number of nitrogens with zero attached hydrogens (tertiary/aromatic N) is 3. The molecule has 0 aliphatic rings. The van der Waals surface area contributed by atoms with Crippen molar-refractivity contribution in [2.45, 2.75) is 26.2 Å². The number of amides is 1. The van der Waals surface area contributed by atoms with Crippen LogP contribution in [0.4, 0.5) is 17.2 Å². The van der Waals surface area contributed by atoms with E-state index in [1.54, 1.807) is 6.33 Å². The Morgan fingerprint density at radius 1 is 0.967 bits per heavy atom. The molecule has 2 N–H and O–H groups in total. The highest BCUT2D eigenvalue weighted by Gasteiger charge is 2.06. The number of carbonyl (C=O) groups is 1. The maximum atomic E-state index is 12.2. The molecular weight excluding hydrogens is 374 g/mol. The van der Waals surface area contributed by atoms with Gasteiger partial charge in [0.05, 0.1) is 5.69 Å². The van der Waals surface area contributed by atoms with Gasteiger partial charge in [-0.2, -0.15) is 0 Å². The van der Waals surface area contributed by atoms with Crippen molar-refractivity contribution in [3.63, 3.8) is 0 Å². The minimum Gasteiger partial charge on any atom is -0.340 e. The minimum absolute atomic E-state index is 0.0300. The highest BCUT2D eigenvalue weighted by atomic mass is 16.1. The number of hydrogen-bond acceptors (Lipinski definition) is 5. The van der Waals surface area contributed by atoms with Crippen LogP contribution in [0.1, 0.15) is 26.2 Å². The molecule has 0 aliphatic heterocycles. The van der Waals surface area contributed by atoms with Crippen LogP contribution in [0.25, 0.3) is 11.3 Å². The second kappa shape index (κ2) is 11.1. The lowest BCUT2D eigenvalue weighted by Crippen LogP contribution is -2.25. The number of hydrogen-bond donors (Lipinski definition) is 2. The van der Waals surface area contributed by atoms with Gasteiger partial charge in [0, 0.05) is 36.0 Å². The molecule has 0 fully saturated rings. The molecular formula is C24H29N5O. The first-order chi connectivity index (χ1) is 14.6. The number of anilines is 3. The van der Waals surface area contributed by atoms with E-state index in [0.717, 1.165) is 48.0 Å². The zero-order valence-electron chi connectivity index (χ0n) is 17.6. The van der Waals surface area contributed by atoms with Gasteiger partial charge in [-0.05, 0) is 44.3 Å². The number of carbonyl (C=O) groups excluding carboxylic acids is 1. The second-order valence-corrected chi connectivity index (χ2v) is 7.31. The van der Waals surface area contributed by atoms with Crippen molar-refractivity contribution in [2.24, 2.45) is 0 Å². The normalized spacial score (nSPS) is 10.8. The number of nitrogens with one attached hydrogen (secondary N) is 2. The smallest absolute Gasteiger partial charge is 0.225 e. The summed E-state index contributed by atoms with van der Waals surface area (Å²) in [5, 5.41) is 6.24. The molecule has 156 valence electrons. The number of aromatic nitrogens is 2. The van der Waals surface area contributed by atoms with Crippen molar-refractivity contribution < 1.29 is 4.79 Å². The Balaban J connectivity index is 1.53. The molecule has 1 aromatic heterocycles. The summed E-state index contributed by atoms with van der Waals surface area (Å²) in [6, 6.07) is 19.5. The van der Waals surface area contributed by atoms with Crippen LogP contribution in [0.2, 0.25) is 0 Å². The lowest BCUT2D eigenvalue weighted by Gasteiger charge is -2.15. The number of unbranched alkanes of at least 4 members (excludes halogenated alkanes) is 1. The van der Waals surface area contributed by atoms with E-state index >= 15 is 0 Å². The van der Waals surface area contributed by atoms with Gasteiger partial charge in [-0.15, -0.1) is 0 Å².